The Morgan fingerprint density at radius 1 is 1.33 bits per heavy atom. The molecule has 0 saturated carbocycles. The summed E-state index contributed by atoms with van der Waals surface area (Å²) >= 11 is 0. The quantitative estimate of drug-likeness (QED) is 0.731. The van der Waals surface area contributed by atoms with Crippen LogP contribution in [0.5, 0.6) is 0 Å². The highest BCUT2D eigenvalue weighted by atomic mass is 16.4. The van der Waals surface area contributed by atoms with Crippen molar-refractivity contribution in [3.63, 3.8) is 0 Å². The lowest BCUT2D eigenvalue weighted by Gasteiger charge is -2.36. The third-order valence-corrected chi connectivity index (χ3v) is 2.90. The van der Waals surface area contributed by atoms with Crippen LogP contribution < -0.4 is 0 Å². The summed E-state index contributed by atoms with van der Waals surface area (Å²) in [7, 11) is 0. The van der Waals surface area contributed by atoms with Gasteiger partial charge in [-0.15, -0.1) is 10.2 Å². The predicted molar refractivity (Wildman–Crippen MR) is 56.3 cm³/mol. The molecule has 5 nitrogen and oxygen atoms in total. The van der Waals surface area contributed by atoms with Crippen LogP contribution in [0.2, 0.25) is 0 Å². The maximum Gasteiger partial charge on any atom is 0.230 e. The van der Waals surface area contributed by atoms with Gasteiger partial charge in [-0.25, -0.2) is 0 Å². The molecule has 0 aromatic carbocycles. The van der Waals surface area contributed by atoms with E-state index in [-0.39, 0.29) is 0 Å². The van der Waals surface area contributed by atoms with Crippen molar-refractivity contribution in [1.29, 1.82) is 0 Å². The van der Waals surface area contributed by atoms with E-state index in [9.17, 15) is 0 Å². The summed E-state index contributed by atoms with van der Waals surface area (Å²) < 4.78 is 5.13. The van der Waals surface area contributed by atoms with Gasteiger partial charge in [0.15, 0.2) is 0 Å². The molecule has 1 aliphatic heterocycles. The molecule has 0 spiro atoms. The van der Waals surface area contributed by atoms with Gasteiger partial charge in [-0.3, -0.25) is 9.80 Å². The third kappa shape index (κ3) is 2.76. The summed E-state index contributed by atoms with van der Waals surface area (Å²) in [6, 6.07) is 0.649. The molecule has 0 unspecified atom stereocenters. The molecule has 0 N–H and O–H groups in total. The Balaban J connectivity index is 1.79. The van der Waals surface area contributed by atoms with Crippen LogP contribution in [-0.4, -0.2) is 52.2 Å². The van der Waals surface area contributed by atoms with Crippen LogP contribution in [0.3, 0.4) is 0 Å². The second kappa shape index (κ2) is 4.72. The maximum absolute atomic E-state index is 5.13. The molecule has 1 aromatic heterocycles. The molecule has 2 heterocycles. The van der Waals surface area contributed by atoms with Crippen molar-refractivity contribution in [1.82, 2.24) is 20.0 Å². The average Bonchev–Trinajstić information content (AvgIpc) is 2.71. The third-order valence-electron chi connectivity index (χ3n) is 2.90. The van der Waals surface area contributed by atoms with Crippen LogP contribution in [0.1, 0.15) is 19.7 Å². The van der Waals surface area contributed by atoms with E-state index < -0.39 is 0 Å². The van der Waals surface area contributed by atoms with Crippen LogP contribution in [0.4, 0.5) is 0 Å². The molecule has 0 aliphatic carbocycles. The predicted octanol–water partition coefficient (Wildman–Crippen LogP) is 0.596. The highest BCUT2D eigenvalue weighted by Crippen LogP contribution is 2.08. The van der Waals surface area contributed by atoms with Crippen molar-refractivity contribution >= 4 is 0 Å². The van der Waals surface area contributed by atoms with Gasteiger partial charge in [-0.2, -0.15) is 0 Å². The Morgan fingerprint density at radius 2 is 2.07 bits per heavy atom. The molecule has 1 fully saturated rings. The minimum Gasteiger partial charge on any atom is -0.427 e. The molecule has 0 amide bonds. The molecule has 84 valence electrons. The molecule has 0 radical (unpaired) electrons. The molecular weight excluding hydrogens is 192 g/mol. The van der Waals surface area contributed by atoms with Crippen molar-refractivity contribution in [3.05, 3.63) is 12.3 Å². The van der Waals surface area contributed by atoms with E-state index in [1.165, 1.54) is 6.39 Å². The number of hydrogen-bond donors (Lipinski definition) is 0. The van der Waals surface area contributed by atoms with Gasteiger partial charge in [-0.05, 0) is 13.8 Å². The highest BCUT2D eigenvalue weighted by molar-refractivity contribution is 4.79. The van der Waals surface area contributed by atoms with E-state index >= 15 is 0 Å². The number of nitrogens with zero attached hydrogens (tertiary/aromatic N) is 4. The molecule has 2 rings (SSSR count). The smallest absolute Gasteiger partial charge is 0.230 e. The summed E-state index contributed by atoms with van der Waals surface area (Å²) in [6.45, 7) is 9.70. The zero-order valence-electron chi connectivity index (χ0n) is 9.39. The monoisotopic (exact) mass is 210 g/mol. The number of rotatable bonds is 3. The normalized spacial score (nSPS) is 19.9. The lowest BCUT2D eigenvalue weighted by molar-refractivity contribution is 0.0978. The summed E-state index contributed by atoms with van der Waals surface area (Å²) in [4.78, 5) is 4.84. The topological polar surface area (TPSA) is 45.4 Å². The lowest BCUT2D eigenvalue weighted by Crippen LogP contribution is -2.48. The Kier molecular flexibility index (Phi) is 3.33. The lowest BCUT2D eigenvalue weighted by atomic mass is 10.2. The van der Waals surface area contributed by atoms with Gasteiger partial charge in [-0.1, -0.05) is 0 Å². The molecule has 5 heteroatoms. The SMILES string of the molecule is CC(C)N1CCN(Cc2nnco2)CC1. The number of piperazine rings is 1. The van der Waals surface area contributed by atoms with E-state index in [4.69, 9.17) is 4.42 Å². The molecular formula is C10H18N4O. The molecule has 1 aliphatic rings. The Labute approximate surface area is 90.1 Å². The highest BCUT2D eigenvalue weighted by Gasteiger charge is 2.19. The van der Waals surface area contributed by atoms with E-state index in [0.29, 0.717) is 11.9 Å². The number of aromatic nitrogens is 2. The van der Waals surface area contributed by atoms with Gasteiger partial charge in [0.1, 0.15) is 0 Å². The Hall–Kier alpha value is -0.940. The summed E-state index contributed by atoms with van der Waals surface area (Å²) in [6.07, 6.45) is 1.39. The maximum atomic E-state index is 5.13. The minimum atomic E-state index is 0.649. The van der Waals surface area contributed by atoms with E-state index in [1.807, 2.05) is 0 Å². The first-order valence-electron chi connectivity index (χ1n) is 5.47. The second-order valence-electron chi connectivity index (χ2n) is 4.24. The molecule has 1 saturated heterocycles. The summed E-state index contributed by atoms with van der Waals surface area (Å²) in [5, 5.41) is 7.57. The van der Waals surface area contributed by atoms with Gasteiger partial charge in [0.2, 0.25) is 12.3 Å². The molecule has 1 aromatic rings. The standard InChI is InChI=1S/C10H18N4O/c1-9(2)14-5-3-13(4-6-14)7-10-12-11-8-15-10/h8-9H,3-7H2,1-2H3. The zero-order valence-corrected chi connectivity index (χ0v) is 9.39. The van der Waals surface area contributed by atoms with E-state index in [0.717, 1.165) is 32.7 Å². The van der Waals surface area contributed by atoms with Gasteiger partial charge in [0.05, 0.1) is 6.54 Å². The molecule has 15 heavy (non-hydrogen) atoms. The van der Waals surface area contributed by atoms with Crippen LogP contribution in [0.25, 0.3) is 0 Å². The largest absolute Gasteiger partial charge is 0.427 e. The average molecular weight is 210 g/mol. The van der Waals surface area contributed by atoms with Crippen molar-refractivity contribution in [2.24, 2.45) is 0 Å². The van der Waals surface area contributed by atoms with Gasteiger partial charge in [0.25, 0.3) is 0 Å². The first-order chi connectivity index (χ1) is 7.25. The van der Waals surface area contributed by atoms with Crippen molar-refractivity contribution in [2.45, 2.75) is 26.4 Å². The van der Waals surface area contributed by atoms with Gasteiger partial charge in [0, 0.05) is 32.2 Å². The fourth-order valence-electron chi connectivity index (χ4n) is 1.89. The van der Waals surface area contributed by atoms with Crippen molar-refractivity contribution in [3.8, 4) is 0 Å². The Bertz CT molecular complexity index is 278. The number of hydrogen-bond acceptors (Lipinski definition) is 5. The van der Waals surface area contributed by atoms with Gasteiger partial charge < -0.3 is 4.42 Å². The Morgan fingerprint density at radius 3 is 2.60 bits per heavy atom. The second-order valence-corrected chi connectivity index (χ2v) is 4.24. The first-order valence-corrected chi connectivity index (χ1v) is 5.47. The van der Waals surface area contributed by atoms with Crippen LogP contribution in [0.15, 0.2) is 10.8 Å². The van der Waals surface area contributed by atoms with Crippen LogP contribution >= 0.6 is 0 Å². The van der Waals surface area contributed by atoms with E-state index in [2.05, 4.69) is 33.8 Å². The first kappa shape index (κ1) is 10.6. The van der Waals surface area contributed by atoms with Crippen molar-refractivity contribution in [2.75, 3.05) is 26.2 Å². The summed E-state index contributed by atoms with van der Waals surface area (Å²) in [5.41, 5.74) is 0. The fourth-order valence-corrected chi connectivity index (χ4v) is 1.89. The minimum absolute atomic E-state index is 0.649. The fraction of sp³-hybridized carbons (Fsp3) is 0.800. The molecule has 0 atom stereocenters. The van der Waals surface area contributed by atoms with Crippen LogP contribution in [-0.2, 0) is 6.54 Å². The van der Waals surface area contributed by atoms with Crippen LogP contribution in [0, 0.1) is 0 Å². The summed E-state index contributed by atoms with van der Waals surface area (Å²) in [5.74, 6) is 0.716. The van der Waals surface area contributed by atoms with Crippen molar-refractivity contribution < 1.29 is 4.42 Å². The van der Waals surface area contributed by atoms with Gasteiger partial charge >= 0.3 is 0 Å². The zero-order chi connectivity index (χ0) is 10.7. The van der Waals surface area contributed by atoms with E-state index in [1.54, 1.807) is 0 Å². The molecule has 0 bridgehead atoms.